The SMILES string of the molecule is O=C(O)C1CCN([C@H]2CC(=O)N(c3ccc(I)cc3)C2=O)CC1. The molecule has 2 saturated heterocycles. The molecule has 122 valence electrons. The molecule has 0 radical (unpaired) electrons. The Hall–Kier alpha value is -1.48. The minimum absolute atomic E-state index is 0.169. The molecule has 1 aromatic rings. The smallest absolute Gasteiger partial charge is 0.306 e. The van der Waals surface area contributed by atoms with Crippen molar-refractivity contribution in [1.29, 1.82) is 0 Å². The van der Waals surface area contributed by atoms with Crippen molar-refractivity contribution >= 4 is 46.1 Å². The molecule has 2 heterocycles. The van der Waals surface area contributed by atoms with Gasteiger partial charge in [0.2, 0.25) is 5.91 Å². The van der Waals surface area contributed by atoms with Crippen molar-refractivity contribution in [3.8, 4) is 0 Å². The summed E-state index contributed by atoms with van der Waals surface area (Å²) in [5, 5.41) is 9.05. The molecule has 3 rings (SSSR count). The fourth-order valence-electron chi connectivity index (χ4n) is 3.22. The van der Waals surface area contributed by atoms with Gasteiger partial charge in [-0.25, -0.2) is 4.90 Å². The van der Waals surface area contributed by atoms with Crippen LogP contribution in [-0.4, -0.2) is 46.9 Å². The third kappa shape index (κ3) is 3.25. The molecule has 1 atom stereocenters. The highest BCUT2D eigenvalue weighted by Crippen LogP contribution is 2.29. The summed E-state index contributed by atoms with van der Waals surface area (Å²) >= 11 is 2.17. The zero-order chi connectivity index (χ0) is 16.6. The summed E-state index contributed by atoms with van der Waals surface area (Å²) in [6, 6.07) is 6.81. The maximum absolute atomic E-state index is 12.7. The molecule has 0 saturated carbocycles. The molecule has 2 amide bonds. The van der Waals surface area contributed by atoms with Gasteiger partial charge in [-0.3, -0.25) is 19.3 Å². The first-order valence-electron chi connectivity index (χ1n) is 7.56. The quantitative estimate of drug-likeness (QED) is 0.586. The van der Waals surface area contributed by atoms with E-state index < -0.39 is 12.0 Å². The lowest BCUT2D eigenvalue weighted by atomic mass is 9.96. The number of carbonyl (C=O) groups excluding carboxylic acids is 2. The number of nitrogens with zero attached hydrogens (tertiary/aromatic N) is 2. The van der Waals surface area contributed by atoms with Gasteiger partial charge in [0.15, 0.2) is 0 Å². The van der Waals surface area contributed by atoms with E-state index in [9.17, 15) is 14.4 Å². The molecule has 1 aromatic carbocycles. The molecule has 23 heavy (non-hydrogen) atoms. The molecule has 6 nitrogen and oxygen atoms in total. The van der Waals surface area contributed by atoms with Gasteiger partial charge in [0.05, 0.1) is 24.1 Å². The third-order valence-corrected chi connectivity index (χ3v) is 5.25. The molecule has 2 fully saturated rings. The van der Waals surface area contributed by atoms with Crippen LogP contribution in [0.25, 0.3) is 0 Å². The Balaban J connectivity index is 1.72. The number of carbonyl (C=O) groups is 3. The highest BCUT2D eigenvalue weighted by atomic mass is 127. The second-order valence-corrected chi connectivity index (χ2v) is 7.16. The molecule has 0 aromatic heterocycles. The number of hydrogen-bond donors (Lipinski definition) is 1. The van der Waals surface area contributed by atoms with E-state index in [0.29, 0.717) is 31.6 Å². The Kier molecular flexibility index (Phi) is 4.67. The highest BCUT2D eigenvalue weighted by molar-refractivity contribution is 14.1. The van der Waals surface area contributed by atoms with Gasteiger partial charge < -0.3 is 5.11 Å². The zero-order valence-electron chi connectivity index (χ0n) is 12.4. The number of benzene rings is 1. The number of aliphatic carboxylic acids is 1. The van der Waals surface area contributed by atoms with E-state index in [1.165, 1.54) is 4.90 Å². The fraction of sp³-hybridized carbons (Fsp3) is 0.438. The maximum Gasteiger partial charge on any atom is 0.306 e. The van der Waals surface area contributed by atoms with Gasteiger partial charge in [-0.2, -0.15) is 0 Å². The van der Waals surface area contributed by atoms with E-state index in [1.54, 1.807) is 12.1 Å². The number of halogens is 1. The number of hydrogen-bond acceptors (Lipinski definition) is 4. The molecule has 1 N–H and O–H groups in total. The van der Waals surface area contributed by atoms with Crippen LogP contribution < -0.4 is 4.90 Å². The minimum atomic E-state index is -0.779. The van der Waals surface area contributed by atoms with E-state index in [0.717, 1.165) is 3.57 Å². The lowest BCUT2D eigenvalue weighted by Gasteiger charge is -2.33. The van der Waals surface area contributed by atoms with Crippen molar-refractivity contribution in [2.45, 2.75) is 25.3 Å². The van der Waals surface area contributed by atoms with E-state index in [4.69, 9.17) is 5.11 Å². The van der Waals surface area contributed by atoms with Crippen molar-refractivity contribution in [2.75, 3.05) is 18.0 Å². The maximum atomic E-state index is 12.7. The normalized spacial score (nSPS) is 23.5. The van der Waals surface area contributed by atoms with Crippen molar-refractivity contribution < 1.29 is 19.5 Å². The van der Waals surface area contributed by atoms with E-state index in [1.807, 2.05) is 17.0 Å². The first-order chi connectivity index (χ1) is 11.0. The van der Waals surface area contributed by atoms with E-state index in [-0.39, 0.29) is 24.2 Å². The van der Waals surface area contributed by atoms with E-state index >= 15 is 0 Å². The average molecular weight is 428 g/mol. The molecule has 2 aliphatic rings. The first-order valence-corrected chi connectivity index (χ1v) is 8.64. The molecular weight excluding hydrogens is 411 g/mol. The van der Waals surface area contributed by atoms with Gasteiger partial charge in [-0.05, 0) is 72.8 Å². The number of carboxylic acid groups (broad SMARTS) is 1. The van der Waals surface area contributed by atoms with Gasteiger partial charge >= 0.3 is 5.97 Å². The predicted molar refractivity (Wildman–Crippen MR) is 92.0 cm³/mol. The number of carboxylic acids is 1. The highest BCUT2D eigenvalue weighted by Gasteiger charge is 2.43. The Labute approximate surface area is 147 Å². The number of piperidine rings is 1. The Morgan fingerprint density at radius 1 is 1.13 bits per heavy atom. The van der Waals surface area contributed by atoms with Gasteiger partial charge in [0, 0.05) is 3.57 Å². The lowest BCUT2D eigenvalue weighted by molar-refractivity contribution is -0.143. The summed E-state index contributed by atoms with van der Waals surface area (Å²) < 4.78 is 1.04. The van der Waals surface area contributed by atoms with Crippen LogP contribution in [0.3, 0.4) is 0 Å². The molecule has 0 aliphatic carbocycles. The Morgan fingerprint density at radius 2 is 1.74 bits per heavy atom. The molecule has 7 heteroatoms. The van der Waals surface area contributed by atoms with Crippen LogP contribution in [0.2, 0.25) is 0 Å². The van der Waals surface area contributed by atoms with E-state index in [2.05, 4.69) is 22.6 Å². The summed E-state index contributed by atoms with van der Waals surface area (Å²) in [6.07, 6.45) is 1.22. The Morgan fingerprint density at radius 3 is 2.30 bits per heavy atom. The van der Waals surface area contributed by atoms with Crippen LogP contribution in [0.15, 0.2) is 24.3 Å². The zero-order valence-corrected chi connectivity index (χ0v) is 14.6. The molecule has 0 bridgehead atoms. The van der Waals surface area contributed by atoms with Crippen LogP contribution in [-0.2, 0) is 14.4 Å². The molecular formula is C16H17IN2O4. The van der Waals surface area contributed by atoms with Crippen LogP contribution in [0.1, 0.15) is 19.3 Å². The summed E-state index contributed by atoms with van der Waals surface area (Å²) in [7, 11) is 0. The van der Waals surface area contributed by atoms with Crippen molar-refractivity contribution in [3.05, 3.63) is 27.8 Å². The van der Waals surface area contributed by atoms with Crippen LogP contribution >= 0.6 is 22.6 Å². The average Bonchev–Trinajstić information content (AvgIpc) is 2.83. The van der Waals surface area contributed by atoms with Gasteiger partial charge in [-0.1, -0.05) is 0 Å². The third-order valence-electron chi connectivity index (χ3n) is 4.53. The number of imide groups is 1. The van der Waals surface area contributed by atoms with Gasteiger partial charge in [0.25, 0.3) is 5.91 Å². The fourth-order valence-corrected chi connectivity index (χ4v) is 3.58. The summed E-state index contributed by atoms with van der Waals surface area (Å²) in [5.41, 5.74) is 0.600. The number of rotatable bonds is 3. The monoisotopic (exact) mass is 428 g/mol. The first kappa shape index (κ1) is 16.4. The largest absolute Gasteiger partial charge is 0.481 e. The van der Waals surface area contributed by atoms with Gasteiger partial charge in [-0.15, -0.1) is 0 Å². The second kappa shape index (κ2) is 6.56. The molecule has 0 spiro atoms. The van der Waals surface area contributed by atoms with Crippen molar-refractivity contribution in [1.82, 2.24) is 4.90 Å². The topological polar surface area (TPSA) is 77.9 Å². The summed E-state index contributed by atoms with van der Waals surface area (Å²) in [6.45, 7) is 1.09. The predicted octanol–water partition coefficient (Wildman–Crippen LogP) is 1.72. The lowest BCUT2D eigenvalue weighted by Crippen LogP contribution is -2.46. The van der Waals surface area contributed by atoms with Gasteiger partial charge in [0.1, 0.15) is 0 Å². The Bertz CT molecular complexity index is 638. The minimum Gasteiger partial charge on any atom is -0.481 e. The number of anilines is 1. The summed E-state index contributed by atoms with van der Waals surface area (Å²) in [5.74, 6) is -1.52. The molecule has 2 aliphatic heterocycles. The van der Waals surface area contributed by atoms with Crippen LogP contribution in [0.5, 0.6) is 0 Å². The van der Waals surface area contributed by atoms with Crippen LogP contribution in [0.4, 0.5) is 5.69 Å². The molecule has 0 unspecified atom stereocenters. The number of likely N-dealkylation sites (tertiary alicyclic amines) is 1. The standard InChI is InChI=1S/C16H17IN2O4/c17-11-1-3-12(4-2-11)19-14(20)9-13(15(19)21)18-7-5-10(6-8-18)16(22)23/h1-4,10,13H,5-9H2,(H,22,23)/t13-/m0/s1. The van der Waals surface area contributed by atoms with Crippen molar-refractivity contribution in [3.63, 3.8) is 0 Å². The van der Waals surface area contributed by atoms with Crippen molar-refractivity contribution in [2.24, 2.45) is 5.92 Å². The number of amides is 2. The second-order valence-electron chi connectivity index (χ2n) is 5.91. The summed E-state index contributed by atoms with van der Waals surface area (Å²) in [4.78, 5) is 39.2. The van der Waals surface area contributed by atoms with Crippen LogP contribution in [0, 0.1) is 9.49 Å².